The number of hydrogen-bond acceptors (Lipinski definition) is 4. The predicted molar refractivity (Wildman–Crippen MR) is 78.2 cm³/mol. The summed E-state index contributed by atoms with van der Waals surface area (Å²) in [5.74, 6) is -1.13. The van der Waals surface area contributed by atoms with Crippen LogP contribution in [0.1, 0.15) is 48.0 Å². The number of hydrogen-bond donors (Lipinski definition) is 2. The van der Waals surface area contributed by atoms with Gasteiger partial charge in [-0.25, -0.2) is 13.2 Å². The Hall–Kier alpha value is -1.40. The summed E-state index contributed by atoms with van der Waals surface area (Å²) in [6.45, 7) is 1.68. The SMILES string of the molecule is Cc1cc(C(=O)O)cc(S(=O)(=O)C2CCCC(O)CC2)c1. The maximum Gasteiger partial charge on any atom is 0.335 e. The van der Waals surface area contributed by atoms with Gasteiger partial charge in [0.15, 0.2) is 9.84 Å². The maximum atomic E-state index is 12.7. The van der Waals surface area contributed by atoms with Crippen molar-refractivity contribution >= 4 is 15.8 Å². The van der Waals surface area contributed by atoms with Crippen molar-refractivity contribution in [3.63, 3.8) is 0 Å². The van der Waals surface area contributed by atoms with Gasteiger partial charge in [0.05, 0.1) is 21.8 Å². The van der Waals surface area contributed by atoms with Crippen LogP contribution in [-0.4, -0.2) is 36.0 Å². The lowest BCUT2D eigenvalue weighted by Gasteiger charge is -2.16. The normalized spacial score (nSPS) is 23.5. The average Bonchev–Trinajstić information content (AvgIpc) is 2.63. The van der Waals surface area contributed by atoms with E-state index in [1.54, 1.807) is 6.92 Å². The van der Waals surface area contributed by atoms with Crippen molar-refractivity contribution in [2.75, 3.05) is 0 Å². The summed E-state index contributed by atoms with van der Waals surface area (Å²) in [6, 6.07) is 4.20. The molecule has 2 N–H and O–H groups in total. The van der Waals surface area contributed by atoms with Gasteiger partial charge < -0.3 is 10.2 Å². The van der Waals surface area contributed by atoms with E-state index in [0.717, 1.165) is 0 Å². The Kier molecular flexibility index (Phi) is 4.68. The number of carboxylic acid groups (broad SMARTS) is 1. The van der Waals surface area contributed by atoms with Crippen molar-refractivity contribution in [1.82, 2.24) is 0 Å². The molecule has 0 amide bonds. The Morgan fingerprint density at radius 2 is 1.86 bits per heavy atom. The van der Waals surface area contributed by atoms with E-state index in [1.165, 1.54) is 18.2 Å². The van der Waals surface area contributed by atoms with Crippen LogP contribution in [0.4, 0.5) is 0 Å². The highest BCUT2D eigenvalue weighted by Gasteiger charge is 2.30. The quantitative estimate of drug-likeness (QED) is 0.835. The van der Waals surface area contributed by atoms with Crippen LogP contribution in [-0.2, 0) is 9.84 Å². The lowest BCUT2D eigenvalue weighted by Crippen LogP contribution is -2.21. The number of aliphatic hydroxyl groups is 1. The third-order valence-corrected chi connectivity index (χ3v) is 6.19. The minimum absolute atomic E-state index is 0.0118. The van der Waals surface area contributed by atoms with Gasteiger partial charge in [0.2, 0.25) is 0 Å². The summed E-state index contributed by atoms with van der Waals surface area (Å²) < 4.78 is 25.4. The summed E-state index contributed by atoms with van der Waals surface area (Å²) in [4.78, 5) is 11.1. The van der Waals surface area contributed by atoms with Gasteiger partial charge in [0.25, 0.3) is 0 Å². The molecule has 1 aromatic carbocycles. The molecule has 2 atom stereocenters. The van der Waals surface area contributed by atoms with Gasteiger partial charge >= 0.3 is 5.97 Å². The zero-order valence-electron chi connectivity index (χ0n) is 11.9. The summed E-state index contributed by atoms with van der Waals surface area (Å²) in [6.07, 6.45) is 2.26. The Labute approximate surface area is 124 Å². The Morgan fingerprint density at radius 3 is 2.52 bits per heavy atom. The number of aromatic carboxylic acids is 1. The number of benzene rings is 1. The molecule has 0 saturated heterocycles. The Bertz CT molecular complexity index is 635. The standard InChI is InChI=1S/C15H20O5S/c1-10-7-11(15(17)18)9-14(8-10)21(19,20)13-4-2-3-12(16)5-6-13/h7-9,12-13,16H,2-6H2,1H3,(H,17,18). The van der Waals surface area contributed by atoms with E-state index in [2.05, 4.69) is 0 Å². The molecule has 21 heavy (non-hydrogen) atoms. The molecule has 0 aromatic heterocycles. The molecule has 0 radical (unpaired) electrons. The van der Waals surface area contributed by atoms with Crippen LogP contribution < -0.4 is 0 Å². The van der Waals surface area contributed by atoms with E-state index < -0.39 is 27.2 Å². The third-order valence-electron chi connectivity index (χ3n) is 3.95. The number of aryl methyl sites for hydroxylation is 1. The van der Waals surface area contributed by atoms with Crippen LogP contribution in [0.2, 0.25) is 0 Å². The zero-order valence-corrected chi connectivity index (χ0v) is 12.8. The van der Waals surface area contributed by atoms with Crippen molar-refractivity contribution in [2.45, 2.75) is 55.3 Å². The lowest BCUT2D eigenvalue weighted by atomic mass is 10.1. The lowest BCUT2D eigenvalue weighted by molar-refractivity contribution is 0.0696. The molecule has 0 spiro atoms. The first-order chi connectivity index (χ1) is 9.80. The number of carbonyl (C=O) groups is 1. The predicted octanol–water partition coefficient (Wildman–Crippen LogP) is 2.16. The highest BCUT2D eigenvalue weighted by Crippen LogP contribution is 2.29. The summed E-state index contributed by atoms with van der Waals surface area (Å²) >= 11 is 0. The summed E-state index contributed by atoms with van der Waals surface area (Å²) in [5.41, 5.74) is 0.601. The number of sulfone groups is 1. The number of aliphatic hydroxyl groups excluding tert-OH is 1. The average molecular weight is 312 g/mol. The molecule has 1 fully saturated rings. The van der Waals surface area contributed by atoms with Crippen LogP contribution in [0, 0.1) is 6.92 Å². The molecular weight excluding hydrogens is 292 g/mol. The molecule has 0 heterocycles. The molecule has 0 bridgehead atoms. The highest BCUT2D eigenvalue weighted by molar-refractivity contribution is 7.92. The second kappa shape index (κ2) is 6.15. The van der Waals surface area contributed by atoms with E-state index in [9.17, 15) is 18.3 Å². The molecule has 2 rings (SSSR count). The van der Waals surface area contributed by atoms with Crippen molar-refractivity contribution < 1.29 is 23.4 Å². The van der Waals surface area contributed by atoms with E-state index in [0.29, 0.717) is 37.7 Å². The number of rotatable bonds is 3. The van der Waals surface area contributed by atoms with Crippen LogP contribution >= 0.6 is 0 Å². The van der Waals surface area contributed by atoms with Crippen LogP contribution in [0.25, 0.3) is 0 Å². The topological polar surface area (TPSA) is 91.7 Å². The molecule has 2 unspecified atom stereocenters. The highest BCUT2D eigenvalue weighted by atomic mass is 32.2. The van der Waals surface area contributed by atoms with E-state index >= 15 is 0 Å². The van der Waals surface area contributed by atoms with Gasteiger partial charge in [-0.15, -0.1) is 0 Å². The first-order valence-corrected chi connectivity index (χ1v) is 8.62. The van der Waals surface area contributed by atoms with Crippen molar-refractivity contribution in [1.29, 1.82) is 0 Å². The molecule has 1 saturated carbocycles. The van der Waals surface area contributed by atoms with E-state index in [4.69, 9.17) is 5.11 Å². The Morgan fingerprint density at radius 1 is 1.14 bits per heavy atom. The minimum atomic E-state index is -3.56. The zero-order chi connectivity index (χ0) is 15.6. The molecular formula is C15H20O5S. The van der Waals surface area contributed by atoms with Crippen molar-refractivity contribution in [3.05, 3.63) is 29.3 Å². The van der Waals surface area contributed by atoms with E-state index in [1.807, 2.05) is 0 Å². The smallest absolute Gasteiger partial charge is 0.335 e. The fourth-order valence-electron chi connectivity index (χ4n) is 2.79. The largest absolute Gasteiger partial charge is 0.478 e. The second-order valence-corrected chi connectivity index (χ2v) is 7.90. The first-order valence-electron chi connectivity index (χ1n) is 7.07. The second-order valence-electron chi connectivity index (χ2n) is 5.67. The van der Waals surface area contributed by atoms with Crippen LogP contribution in [0.5, 0.6) is 0 Å². The van der Waals surface area contributed by atoms with Crippen molar-refractivity contribution in [3.8, 4) is 0 Å². The number of carboxylic acids is 1. The molecule has 1 aliphatic carbocycles. The summed E-state index contributed by atoms with van der Waals surface area (Å²) in [7, 11) is -3.56. The van der Waals surface area contributed by atoms with Gasteiger partial charge in [-0.05, 0) is 62.8 Å². The summed E-state index contributed by atoms with van der Waals surface area (Å²) in [5, 5.41) is 18.1. The molecule has 116 valence electrons. The fourth-order valence-corrected chi connectivity index (χ4v) is 4.74. The maximum absolute atomic E-state index is 12.7. The van der Waals surface area contributed by atoms with Gasteiger partial charge in [-0.3, -0.25) is 0 Å². The monoisotopic (exact) mass is 312 g/mol. The molecule has 5 nitrogen and oxygen atoms in total. The Balaban J connectivity index is 2.37. The van der Waals surface area contributed by atoms with Gasteiger partial charge in [-0.1, -0.05) is 0 Å². The fraction of sp³-hybridized carbons (Fsp3) is 0.533. The molecule has 1 aliphatic rings. The molecule has 0 aliphatic heterocycles. The minimum Gasteiger partial charge on any atom is -0.478 e. The van der Waals surface area contributed by atoms with Gasteiger partial charge in [-0.2, -0.15) is 0 Å². The third kappa shape index (κ3) is 3.63. The van der Waals surface area contributed by atoms with Crippen LogP contribution in [0.15, 0.2) is 23.1 Å². The first kappa shape index (κ1) is 16.0. The molecule has 6 heteroatoms. The van der Waals surface area contributed by atoms with Gasteiger partial charge in [0, 0.05) is 0 Å². The van der Waals surface area contributed by atoms with Gasteiger partial charge in [0.1, 0.15) is 0 Å². The molecule has 1 aromatic rings. The van der Waals surface area contributed by atoms with E-state index in [-0.39, 0.29) is 10.5 Å². The van der Waals surface area contributed by atoms with Crippen LogP contribution in [0.3, 0.4) is 0 Å². The van der Waals surface area contributed by atoms with Crippen molar-refractivity contribution in [2.24, 2.45) is 0 Å².